The van der Waals surface area contributed by atoms with Gasteiger partial charge in [0.25, 0.3) is 0 Å². The lowest BCUT2D eigenvalue weighted by Gasteiger charge is -2.12. The summed E-state index contributed by atoms with van der Waals surface area (Å²) >= 11 is 0. The fourth-order valence-corrected chi connectivity index (χ4v) is 1.75. The van der Waals surface area contributed by atoms with Crippen LogP contribution in [0, 0.1) is 0 Å². The molecule has 0 aliphatic heterocycles. The zero-order chi connectivity index (χ0) is 13.7. The molecule has 0 aromatic heterocycles. The average Bonchev–Trinajstić information content (AvgIpc) is 3.22. The number of nitrogens with one attached hydrogen (secondary N) is 1. The molecule has 1 aliphatic rings. The first-order valence-corrected chi connectivity index (χ1v) is 6.52. The zero-order valence-corrected chi connectivity index (χ0v) is 11.1. The number of methoxy groups -OCH3 is 1. The van der Waals surface area contributed by atoms with Crippen molar-refractivity contribution < 1.29 is 14.3 Å². The van der Waals surface area contributed by atoms with Crippen molar-refractivity contribution in [2.45, 2.75) is 31.8 Å². The summed E-state index contributed by atoms with van der Waals surface area (Å²) in [4.78, 5) is 11.5. The van der Waals surface area contributed by atoms with Crippen LogP contribution in [0.25, 0.3) is 0 Å². The van der Waals surface area contributed by atoms with E-state index in [4.69, 9.17) is 15.2 Å². The van der Waals surface area contributed by atoms with E-state index in [1.54, 1.807) is 13.2 Å². The lowest BCUT2D eigenvalue weighted by molar-refractivity contribution is -0.121. The van der Waals surface area contributed by atoms with Gasteiger partial charge >= 0.3 is 0 Å². The van der Waals surface area contributed by atoms with Crippen molar-refractivity contribution in [1.29, 1.82) is 0 Å². The van der Waals surface area contributed by atoms with Gasteiger partial charge in [-0.25, -0.2) is 0 Å². The third kappa shape index (κ3) is 4.13. The van der Waals surface area contributed by atoms with Gasteiger partial charge in [-0.2, -0.15) is 0 Å². The molecule has 5 heteroatoms. The maximum atomic E-state index is 11.5. The van der Waals surface area contributed by atoms with Crippen molar-refractivity contribution in [1.82, 2.24) is 5.32 Å². The highest BCUT2D eigenvalue weighted by Crippen LogP contribution is 2.24. The number of benzene rings is 1. The molecule has 1 amide bonds. The number of ether oxygens (including phenoxy) is 2. The minimum Gasteiger partial charge on any atom is -0.497 e. The third-order valence-electron chi connectivity index (χ3n) is 3.02. The van der Waals surface area contributed by atoms with Gasteiger partial charge in [0.15, 0.2) is 0 Å². The van der Waals surface area contributed by atoms with Gasteiger partial charge in [0.1, 0.15) is 11.5 Å². The molecule has 0 spiro atoms. The topological polar surface area (TPSA) is 73.6 Å². The van der Waals surface area contributed by atoms with Gasteiger partial charge in [-0.15, -0.1) is 0 Å². The van der Waals surface area contributed by atoms with E-state index in [2.05, 4.69) is 5.32 Å². The van der Waals surface area contributed by atoms with Gasteiger partial charge in [-0.3, -0.25) is 4.79 Å². The Morgan fingerprint density at radius 2 is 2.26 bits per heavy atom. The van der Waals surface area contributed by atoms with Crippen molar-refractivity contribution in [3.8, 4) is 11.5 Å². The Labute approximate surface area is 113 Å². The van der Waals surface area contributed by atoms with Crippen molar-refractivity contribution in [3.63, 3.8) is 0 Å². The van der Waals surface area contributed by atoms with Crippen LogP contribution in [0.5, 0.6) is 11.5 Å². The lowest BCUT2D eigenvalue weighted by Crippen LogP contribution is -2.26. The molecule has 104 valence electrons. The highest BCUT2D eigenvalue weighted by atomic mass is 16.5. The SMILES string of the molecule is COc1ccc(CN)c(OCCC(=O)NC2CC2)c1. The summed E-state index contributed by atoms with van der Waals surface area (Å²) in [5.41, 5.74) is 6.55. The summed E-state index contributed by atoms with van der Waals surface area (Å²) in [7, 11) is 1.60. The molecule has 2 rings (SSSR count). The Bertz CT molecular complexity index is 444. The van der Waals surface area contributed by atoms with Crippen LogP contribution in [0.1, 0.15) is 24.8 Å². The maximum absolute atomic E-state index is 11.5. The summed E-state index contributed by atoms with van der Waals surface area (Å²) in [6, 6.07) is 5.90. The summed E-state index contributed by atoms with van der Waals surface area (Å²) < 4.78 is 10.8. The Kier molecular flexibility index (Phi) is 4.63. The van der Waals surface area contributed by atoms with Gasteiger partial charge in [-0.1, -0.05) is 6.07 Å². The quantitative estimate of drug-likeness (QED) is 0.776. The van der Waals surface area contributed by atoms with E-state index in [-0.39, 0.29) is 5.91 Å². The fraction of sp³-hybridized carbons (Fsp3) is 0.500. The normalized spacial score (nSPS) is 14.0. The van der Waals surface area contributed by atoms with Crippen LogP contribution in [0.2, 0.25) is 0 Å². The van der Waals surface area contributed by atoms with Crippen LogP contribution < -0.4 is 20.5 Å². The van der Waals surface area contributed by atoms with Crippen LogP contribution in [0.4, 0.5) is 0 Å². The first-order chi connectivity index (χ1) is 9.22. The Hall–Kier alpha value is -1.75. The number of amides is 1. The van der Waals surface area contributed by atoms with Crippen molar-refractivity contribution in [2.24, 2.45) is 5.73 Å². The fourth-order valence-electron chi connectivity index (χ4n) is 1.75. The minimum absolute atomic E-state index is 0.0414. The number of nitrogens with two attached hydrogens (primary N) is 1. The monoisotopic (exact) mass is 264 g/mol. The molecule has 0 saturated heterocycles. The van der Waals surface area contributed by atoms with E-state index in [0.29, 0.717) is 31.4 Å². The van der Waals surface area contributed by atoms with E-state index in [1.807, 2.05) is 12.1 Å². The lowest BCUT2D eigenvalue weighted by atomic mass is 10.2. The maximum Gasteiger partial charge on any atom is 0.223 e. The smallest absolute Gasteiger partial charge is 0.223 e. The summed E-state index contributed by atoms with van der Waals surface area (Å²) in [6.07, 6.45) is 2.55. The van der Waals surface area contributed by atoms with Crippen LogP contribution in [0.15, 0.2) is 18.2 Å². The van der Waals surface area contributed by atoms with Crippen molar-refractivity contribution in [2.75, 3.05) is 13.7 Å². The van der Waals surface area contributed by atoms with E-state index in [9.17, 15) is 4.79 Å². The number of carbonyl (C=O) groups is 1. The predicted octanol–water partition coefficient (Wildman–Crippen LogP) is 1.20. The molecule has 1 aliphatic carbocycles. The number of carbonyl (C=O) groups excluding carboxylic acids is 1. The van der Waals surface area contributed by atoms with E-state index in [1.165, 1.54) is 0 Å². The molecule has 0 bridgehead atoms. The first kappa shape index (κ1) is 13.7. The largest absolute Gasteiger partial charge is 0.497 e. The Morgan fingerprint density at radius 3 is 2.89 bits per heavy atom. The van der Waals surface area contributed by atoms with Crippen molar-refractivity contribution >= 4 is 5.91 Å². The molecule has 19 heavy (non-hydrogen) atoms. The average molecular weight is 264 g/mol. The highest BCUT2D eigenvalue weighted by molar-refractivity contribution is 5.76. The first-order valence-electron chi connectivity index (χ1n) is 6.52. The minimum atomic E-state index is 0.0414. The van der Waals surface area contributed by atoms with Crippen LogP contribution in [0.3, 0.4) is 0 Å². The molecular weight excluding hydrogens is 244 g/mol. The second-order valence-electron chi connectivity index (χ2n) is 4.62. The number of hydrogen-bond acceptors (Lipinski definition) is 4. The van der Waals surface area contributed by atoms with Gasteiger partial charge in [0, 0.05) is 24.2 Å². The van der Waals surface area contributed by atoms with Gasteiger partial charge in [-0.05, 0) is 18.9 Å². The van der Waals surface area contributed by atoms with Crippen LogP contribution in [-0.2, 0) is 11.3 Å². The zero-order valence-electron chi connectivity index (χ0n) is 11.1. The third-order valence-corrected chi connectivity index (χ3v) is 3.02. The summed E-state index contributed by atoms with van der Waals surface area (Å²) in [5.74, 6) is 1.44. The molecule has 3 N–H and O–H groups in total. The molecule has 0 atom stereocenters. The van der Waals surface area contributed by atoms with Crippen LogP contribution >= 0.6 is 0 Å². The number of rotatable bonds is 7. The summed E-state index contributed by atoms with van der Waals surface area (Å²) in [6.45, 7) is 0.742. The molecule has 0 unspecified atom stereocenters. The Morgan fingerprint density at radius 1 is 1.47 bits per heavy atom. The molecule has 1 saturated carbocycles. The molecule has 1 aromatic rings. The van der Waals surface area contributed by atoms with E-state index < -0.39 is 0 Å². The predicted molar refractivity (Wildman–Crippen MR) is 72.2 cm³/mol. The molecule has 1 aromatic carbocycles. The van der Waals surface area contributed by atoms with Gasteiger partial charge < -0.3 is 20.5 Å². The van der Waals surface area contributed by atoms with Crippen molar-refractivity contribution in [3.05, 3.63) is 23.8 Å². The molecule has 0 radical (unpaired) electrons. The van der Waals surface area contributed by atoms with Gasteiger partial charge in [0.2, 0.25) is 5.91 Å². The Balaban J connectivity index is 1.84. The van der Waals surface area contributed by atoms with Crippen LogP contribution in [-0.4, -0.2) is 25.7 Å². The molecule has 1 fully saturated rings. The summed E-state index contributed by atoms with van der Waals surface area (Å²) in [5, 5.41) is 2.92. The highest BCUT2D eigenvalue weighted by Gasteiger charge is 2.22. The van der Waals surface area contributed by atoms with Gasteiger partial charge in [0.05, 0.1) is 20.1 Å². The molecular formula is C14H20N2O3. The second-order valence-corrected chi connectivity index (χ2v) is 4.62. The number of hydrogen-bond donors (Lipinski definition) is 2. The van der Waals surface area contributed by atoms with E-state index in [0.717, 1.165) is 24.2 Å². The standard InChI is InChI=1S/C14H20N2O3/c1-18-12-5-2-10(9-15)13(8-12)19-7-6-14(17)16-11-3-4-11/h2,5,8,11H,3-4,6-7,9,15H2,1H3,(H,16,17). The van der Waals surface area contributed by atoms with E-state index >= 15 is 0 Å². The molecule has 0 heterocycles. The second kappa shape index (κ2) is 6.43. The molecule has 5 nitrogen and oxygen atoms in total.